The molecule has 0 aliphatic rings. The molecular formula is C13H16N2OS. The first-order chi connectivity index (χ1) is 8.02. The summed E-state index contributed by atoms with van der Waals surface area (Å²) in [6, 6.07) is 8.01. The predicted molar refractivity (Wildman–Crippen MR) is 73.5 cm³/mol. The fourth-order valence-electron chi connectivity index (χ4n) is 1.62. The Morgan fingerprint density at radius 1 is 1.35 bits per heavy atom. The van der Waals surface area contributed by atoms with Gasteiger partial charge in [0.25, 0.3) is 5.91 Å². The van der Waals surface area contributed by atoms with Gasteiger partial charge in [-0.25, -0.2) is 0 Å². The monoisotopic (exact) mass is 248 g/mol. The Hall–Kier alpha value is -1.55. The summed E-state index contributed by atoms with van der Waals surface area (Å²) in [5.41, 5.74) is 6.64. The molecule has 17 heavy (non-hydrogen) atoms. The first-order valence-electron chi connectivity index (χ1n) is 5.56. The number of thiophene rings is 1. The van der Waals surface area contributed by atoms with Crippen LogP contribution in [-0.2, 0) is 0 Å². The summed E-state index contributed by atoms with van der Waals surface area (Å²) in [5, 5.41) is 0.970. The van der Waals surface area contributed by atoms with E-state index in [9.17, 15) is 4.79 Å². The first kappa shape index (κ1) is 11.9. The molecule has 0 atom stereocenters. The van der Waals surface area contributed by atoms with Gasteiger partial charge in [-0.3, -0.25) is 4.79 Å². The van der Waals surface area contributed by atoms with Crippen molar-refractivity contribution < 1.29 is 4.79 Å². The second-order valence-corrected chi connectivity index (χ2v) is 5.40. The largest absolute Gasteiger partial charge is 0.397 e. The second-order valence-electron chi connectivity index (χ2n) is 4.35. The molecule has 0 unspecified atom stereocenters. The van der Waals surface area contributed by atoms with Crippen LogP contribution >= 0.6 is 11.3 Å². The van der Waals surface area contributed by atoms with Crippen LogP contribution in [0.2, 0.25) is 0 Å². The highest BCUT2D eigenvalue weighted by atomic mass is 32.1. The molecule has 1 aromatic carbocycles. The maximum Gasteiger partial charge on any atom is 0.266 e. The molecule has 1 aromatic heterocycles. The van der Waals surface area contributed by atoms with Gasteiger partial charge in [0, 0.05) is 23.2 Å². The Labute approximate surface area is 105 Å². The molecule has 0 aliphatic heterocycles. The average molecular weight is 248 g/mol. The number of hydrogen-bond donors (Lipinski definition) is 1. The number of benzene rings is 1. The molecule has 1 heterocycles. The van der Waals surface area contributed by atoms with Crippen molar-refractivity contribution in [1.29, 1.82) is 0 Å². The second kappa shape index (κ2) is 4.37. The van der Waals surface area contributed by atoms with Gasteiger partial charge in [0.2, 0.25) is 0 Å². The highest BCUT2D eigenvalue weighted by Crippen LogP contribution is 2.34. The van der Waals surface area contributed by atoms with Crippen molar-refractivity contribution in [3.8, 4) is 0 Å². The van der Waals surface area contributed by atoms with E-state index in [1.807, 2.05) is 38.1 Å². The van der Waals surface area contributed by atoms with E-state index < -0.39 is 0 Å². The lowest BCUT2D eigenvalue weighted by atomic mass is 10.2. The van der Waals surface area contributed by atoms with Crippen molar-refractivity contribution >= 4 is 33.0 Å². The van der Waals surface area contributed by atoms with Gasteiger partial charge in [-0.15, -0.1) is 11.3 Å². The number of rotatable bonds is 2. The molecule has 0 saturated carbocycles. The number of fused-ring (bicyclic) bond motifs is 1. The van der Waals surface area contributed by atoms with Gasteiger partial charge in [-0.2, -0.15) is 0 Å². The Kier molecular flexibility index (Phi) is 3.07. The minimum atomic E-state index is -0.00120. The fourth-order valence-corrected chi connectivity index (χ4v) is 2.72. The Morgan fingerprint density at radius 3 is 2.59 bits per heavy atom. The molecule has 0 fully saturated rings. The van der Waals surface area contributed by atoms with E-state index in [-0.39, 0.29) is 11.9 Å². The Balaban J connectivity index is 2.49. The summed E-state index contributed by atoms with van der Waals surface area (Å²) < 4.78 is 1.06. The van der Waals surface area contributed by atoms with Crippen molar-refractivity contribution in [3.63, 3.8) is 0 Å². The number of nitrogen functional groups attached to an aromatic ring is 1. The lowest BCUT2D eigenvalue weighted by Gasteiger charge is -2.20. The normalized spacial score (nSPS) is 11.1. The van der Waals surface area contributed by atoms with Crippen LogP contribution in [-0.4, -0.2) is 23.9 Å². The third-order valence-electron chi connectivity index (χ3n) is 2.92. The van der Waals surface area contributed by atoms with Crippen LogP contribution in [0.1, 0.15) is 23.5 Å². The van der Waals surface area contributed by atoms with Crippen molar-refractivity contribution in [2.45, 2.75) is 19.9 Å². The summed E-state index contributed by atoms with van der Waals surface area (Å²) in [5.74, 6) is -0.00120. The number of anilines is 1. The molecule has 0 saturated heterocycles. The first-order valence-corrected chi connectivity index (χ1v) is 6.38. The quantitative estimate of drug-likeness (QED) is 0.888. The van der Waals surface area contributed by atoms with Crippen LogP contribution in [0, 0.1) is 0 Å². The van der Waals surface area contributed by atoms with E-state index in [0.717, 1.165) is 10.1 Å². The summed E-state index contributed by atoms with van der Waals surface area (Å²) in [6.45, 7) is 3.98. The average Bonchev–Trinajstić information content (AvgIpc) is 2.65. The summed E-state index contributed by atoms with van der Waals surface area (Å²) in [6.07, 6.45) is 0. The molecule has 0 aliphatic carbocycles. The highest BCUT2D eigenvalue weighted by Gasteiger charge is 2.20. The Bertz CT molecular complexity index is 560. The Morgan fingerprint density at radius 2 is 2.00 bits per heavy atom. The maximum absolute atomic E-state index is 12.2. The lowest BCUT2D eigenvalue weighted by Crippen LogP contribution is -2.32. The molecule has 4 heteroatoms. The van der Waals surface area contributed by atoms with Crippen LogP contribution in [0.4, 0.5) is 5.69 Å². The number of carbonyl (C=O) groups is 1. The van der Waals surface area contributed by atoms with Crippen LogP contribution < -0.4 is 5.73 Å². The maximum atomic E-state index is 12.2. The standard InChI is InChI=1S/C13H16N2OS/c1-8(2)15(3)13(16)12-11(14)9-6-4-5-7-10(9)17-12/h4-8H,14H2,1-3H3. The summed E-state index contributed by atoms with van der Waals surface area (Å²) in [4.78, 5) is 14.6. The van der Waals surface area contributed by atoms with Crippen LogP contribution in [0.5, 0.6) is 0 Å². The fraction of sp³-hybridized carbons (Fsp3) is 0.308. The van der Waals surface area contributed by atoms with Gasteiger partial charge in [0.15, 0.2) is 0 Å². The molecule has 0 bridgehead atoms. The van der Waals surface area contributed by atoms with Crippen molar-refractivity contribution in [1.82, 2.24) is 4.90 Å². The predicted octanol–water partition coefficient (Wildman–Crippen LogP) is 2.96. The van der Waals surface area contributed by atoms with Gasteiger partial charge in [0.05, 0.1) is 5.69 Å². The number of carbonyl (C=O) groups excluding carboxylic acids is 1. The smallest absolute Gasteiger partial charge is 0.266 e. The minimum Gasteiger partial charge on any atom is -0.397 e. The summed E-state index contributed by atoms with van der Waals surface area (Å²) in [7, 11) is 1.80. The zero-order valence-electron chi connectivity index (χ0n) is 10.2. The van der Waals surface area contributed by atoms with Gasteiger partial charge in [0.1, 0.15) is 4.88 Å². The topological polar surface area (TPSA) is 46.3 Å². The minimum absolute atomic E-state index is 0.00120. The van der Waals surface area contributed by atoms with Crippen LogP contribution in [0.25, 0.3) is 10.1 Å². The molecule has 2 rings (SSSR count). The summed E-state index contributed by atoms with van der Waals surface area (Å²) >= 11 is 1.46. The number of nitrogens with zero attached hydrogens (tertiary/aromatic N) is 1. The van der Waals surface area contributed by atoms with Gasteiger partial charge in [-0.1, -0.05) is 18.2 Å². The number of hydrogen-bond acceptors (Lipinski definition) is 3. The van der Waals surface area contributed by atoms with E-state index in [0.29, 0.717) is 10.6 Å². The van der Waals surface area contributed by atoms with Crippen molar-refractivity contribution in [2.75, 3.05) is 12.8 Å². The van der Waals surface area contributed by atoms with E-state index in [1.165, 1.54) is 11.3 Å². The van der Waals surface area contributed by atoms with Crippen LogP contribution in [0.3, 0.4) is 0 Å². The molecule has 2 aromatic rings. The van der Waals surface area contributed by atoms with Gasteiger partial charge in [-0.05, 0) is 19.9 Å². The highest BCUT2D eigenvalue weighted by molar-refractivity contribution is 7.21. The molecule has 3 nitrogen and oxygen atoms in total. The lowest BCUT2D eigenvalue weighted by molar-refractivity contribution is 0.0761. The molecule has 90 valence electrons. The third kappa shape index (κ3) is 2.00. The van der Waals surface area contributed by atoms with Crippen molar-refractivity contribution in [2.24, 2.45) is 0 Å². The molecule has 1 amide bonds. The van der Waals surface area contributed by atoms with Crippen LogP contribution in [0.15, 0.2) is 24.3 Å². The zero-order chi connectivity index (χ0) is 12.6. The molecule has 2 N–H and O–H groups in total. The number of nitrogens with two attached hydrogens (primary N) is 1. The van der Waals surface area contributed by atoms with Gasteiger partial charge < -0.3 is 10.6 Å². The van der Waals surface area contributed by atoms with Gasteiger partial charge >= 0.3 is 0 Å². The van der Waals surface area contributed by atoms with E-state index in [4.69, 9.17) is 5.73 Å². The molecule has 0 radical (unpaired) electrons. The zero-order valence-corrected chi connectivity index (χ0v) is 11.0. The van der Waals surface area contributed by atoms with Crippen molar-refractivity contribution in [3.05, 3.63) is 29.1 Å². The molecule has 0 spiro atoms. The van der Waals surface area contributed by atoms with E-state index in [1.54, 1.807) is 11.9 Å². The third-order valence-corrected chi connectivity index (χ3v) is 4.10. The number of amides is 1. The molecular weight excluding hydrogens is 232 g/mol. The van der Waals surface area contributed by atoms with E-state index in [2.05, 4.69) is 0 Å². The van der Waals surface area contributed by atoms with E-state index >= 15 is 0 Å². The SMILES string of the molecule is CC(C)N(C)C(=O)c1sc2ccccc2c1N.